The smallest absolute Gasteiger partial charge is 0.133 e. The lowest BCUT2D eigenvalue weighted by molar-refractivity contribution is 0.190. The molecule has 0 spiro atoms. The van der Waals surface area contributed by atoms with Crippen molar-refractivity contribution in [1.29, 1.82) is 0 Å². The number of hydrogen-bond acceptors (Lipinski definition) is 3. The van der Waals surface area contributed by atoms with Crippen LogP contribution in [0.2, 0.25) is 5.02 Å². The van der Waals surface area contributed by atoms with E-state index in [4.69, 9.17) is 21.1 Å². The molecule has 2 aromatic rings. The molecule has 0 bridgehead atoms. The van der Waals surface area contributed by atoms with Gasteiger partial charge in [0.15, 0.2) is 0 Å². The maximum Gasteiger partial charge on any atom is 0.133 e. The van der Waals surface area contributed by atoms with Crippen molar-refractivity contribution < 1.29 is 19.0 Å². The van der Waals surface area contributed by atoms with Gasteiger partial charge in [-0.3, -0.25) is 0 Å². The molecule has 0 saturated carbocycles. The molecule has 0 aliphatic carbocycles. The van der Waals surface area contributed by atoms with E-state index in [2.05, 4.69) is 0 Å². The fraction of sp³-hybridized carbons (Fsp3) is 0.250. The summed E-state index contributed by atoms with van der Waals surface area (Å²) in [4.78, 5) is 0. The van der Waals surface area contributed by atoms with E-state index >= 15 is 0 Å². The van der Waals surface area contributed by atoms with E-state index in [0.717, 1.165) is 0 Å². The van der Waals surface area contributed by atoms with Gasteiger partial charge in [0.05, 0.1) is 13.2 Å². The lowest BCUT2D eigenvalue weighted by atomic mass is 10.1. The Hall–Kier alpha value is -1.78. The quantitative estimate of drug-likeness (QED) is 0.903. The Morgan fingerprint density at radius 2 is 2.00 bits per heavy atom. The minimum atomic E-state index is -0.723. The first-order valence-electron chi connectivity index (χ1n) is 6.44. The Morgan fingerprint density at radius 3 is 2.62 bits per heavy atom. The van der Waals surface area contributed by atoms with Gasteiger partial charge in [-0.05, 0) is 37.3 Å². The van der Waals surface area contributed by atoms with E-state index < -0.39 is 11.9 Å². The zero-order chi connectivity index (χ0) is 15.4. The number of rotatable bonds is 5. The predicted molar refractivity (Wildman–Crippen MR) is 79.4 cm³/mol. The molecule has 0 radical (unpaired) electrons. The molecule has 0 aromatic heterocycles. The fourth-order valence-corrected chi connectivity index (χ4v) is 2.09. The van der Waals surface area contributed by atoms with Crippen LogP contribution in [-0.4, -0.2) is 12.2 Å². The van der Waals surface area contributed by atoms with Crippen LogP contribution in [0.25, 0.3) is 0 Å². The van der Waals surface area contributed by atoms with Gasteiger partial charge in [0.1, 0.15) is 23.9 Å². The summed E-state index contributed by atoms with van der Waals surface area (Å²) in [5.41, 5.74) is 0.971. The highest BCUT2D eigenvalue weighted by Gasteiger charge is 2.11. The molecular weight excluding hydrogens is 295 g/mol. The van der Waals surface area contributed by atoms with Gasteiger partial charge in [0.2, 0.25) is 0 Å². The van der Waals surface area contributed by atoms with Gasteiger partial charge in [-0.25, -0.2) is 4.39 Å². The summed E-state index contributed by atoms with van der Waals surface area (Å²) < 4.78 is 24.4. The zero-order valence-corrected chi connectivity index (χ0v) is 12.5. The summed E-state index contributed by atoms with van der Waals surface area (Å²) in [5.74, 6) is 0.527. The minimum Gasteiger partial charge on any atom is -0.497 e. The largest absolute Gasteiger partial charge is 0.497 e. The molecule has 5 heteroatoms. The summed E-state index contributed by atoms with van der Waals surface area (Å²) in [6.45, 7) is 1.67. The molecule has 0 amide bonds. The van der Waals surface area contributed by atoms with E-state index in [1.165, 1.54) is 13.2 Å². The van der Waals surface area contributed by atoms with Crippen LogP contribution in [-0.2, 0) is 6.61 Å². The van der Waals surface area contributed by atoms with Crippen molar-refractivity contribution in [2.45, 2.75) is 19.6 Å². The van der Waals surface area contributed by atoms with Crippen molar-refractivity contribution in [1.82, 2.24) is 0 Å². The molecule has 0 aliphatic heterocycles. The van der Waals surface area contributed by atoms with E-state index in [1.807, 2.05) is 0 Å². The van der Waals surface area contributed by atoms with Crippen molar-refractivity contribution in [3.63, 3.8) is 0 Å². The van der Waals surface area contributed by atoms with Crippen LogP contribution in [0, 0.1) is 5.82 Å². The van der Waals surface area contributed by atoms with Gasteiger partial charge in [0, 0.05) is 22.2 Å². The number of halogens is 2. The Bertz CT molecular complexity index is 629. The molecule has 0 unspecified atom stereocenters. The van der Waals surface area contributed by atoms with Crippen LogP contribution in [0.4, 0.5) is 4.39 Å². The fourth-order valence-electron chi connectivity index (χ4n) is 1.90. The van der Waals surface area contributed by atoms with Crippen molar-refractivity contribution in [3.8, 4) is 11.5 Å². The predicted octanol–water partition coefficient (Wildman–Crippen LogP) is 4.12. The lowest BCUT2D eigenvalue weighted by Crippen LogP contribution is -2.03. The van der Waals surface area contributed by atoms with Gasteiger partial charge in [-0.15, -0.1) is 0 Å². The molecule has 2 aromatic carbocycles. The molecule has 0 fully saturated rings. The Morgan fingerprint density at radius 1 is 1.24 bits per heavy atom. The van der Waals surface area contributed by atoms with Gasteiger partial charge < -0.3 is 14.6 Å². The average molecular weight is 311 g/mol. The third kappa shape index (κ3) is 3.86. The summed E-state index contributed by atoms with van der Waals surface area (Å²) in [6, 6.07) is 9.52. The highest BCUT2D eigenvalue weighted by molar-refractivity contribution is 6.30. The number of aliphatic hydroxyl groups excluding tert-OH is 1. The van der Waals surface area contributed by atoms with Crippen LogP contribution in [0.5, 0.6) is 11.5 Å². The number of ether oxygens (including phenoxy) is 2. The number of benzene rings is 2. The van der Waals surface area contributed by atoms with Crippen LogP contribution in [0.3, 0.4) is 0 Å². The summed E-state index contributed by atoms with van der Waals surface area (Å²) >= 11 is 5.90. The van der Waals surface area contributed by atoms with Crippen LogP contribution < -0.4 is 9.47 Å². The summed E-state index contributed by atoms with van der Waals surface area (Å²) in [5, 5.41) is 10.2. The maximum atomic E-state index is 13.8. The van der Waals surface area contributed by atoms with Crippen molar-refractivity contribution in [3.05, 3.63) is 58.4 Å². The first-order chi connectivity index (χ1) is 10.0. The average Bonchev–Trinajstić information content (AvgIpc) is 2.46. The van der Waals surface area contributed by atoms with Crippen molar-refractivity contribution in [2.24, 2.45) is 0 Å². The molecule has 3 nitrogen and oxygen atoms in total. The summed E-state index contributed by atoms with van der Waals surface area (Å²) in [7, 11) is 1.48. The topological polar surface area (TPSA) is 38.7 Å². The monoisotopic (exact) mass is 310 g/mol. The van der Waals surface area contributed by atoms with E-state index in [0.29, 0.717) is 27.6 Å². The van der Waals surface area contributed by atoms with E-state index in [1.54, 1.807) is 37.3 Å². The van der Waals surface area contributed by atoms with Crippen LogP contribution >= 0.6 is 11.6 Å². The lowest BCUT2D eigenvalue weighted by Gasteiger charge is -2.14. The van der Waals surface area contributed by atoms with Gasteiger partial charge in [-0.2, -0.15) is 0 Å². The molecule has 1 atom stereocenters. The van der Waals surface area contributed by atoms with E-state index in [9.17, 15) is 9.50 Å². The van der Waals surface area contributed by atoms with Crippen molar-refractivity contribution >= 4 is 11.6 Å². The molecule has 112 valence electrons. The van der Waals surface area contributed by atoms with Gasteiger partial charge in [0.25, 0.3) is 0 Å². The maximum absolute atomic E-state index is 13.8. The standard InChI is InChI=1S/C16H16ClFO3/c1-10(19)14-7-12(17)4-6-16(14)21-9-11-3-5-13(20-2)8-15(11)18/h3-8,10,19H,9H2,1-2H3/t10-/m1/s1. The highest BCUT2D eigenvalue weighted by atomic mass is 35.5. The molecule has 0 aliphatic rings. The van der Waals surface area contributed by atoms with Crippen molar-refractivity contribution in [2.75, 3.05) is 7.11 Å². The van der Waals surface area contributed by atoms with Crippen LogP contribution in [0.1, 0.15) is 24.2 Å². The van der Waals surface area contributed by atoms with Crippen LogP contribution in [0.15, 0.2) is 36.4 Å². The van der Waals surface area contributed by atoms with Gasteiger partial charge >= 0.3 is 0 Å². The molecule has 21 heavy (non-hydrogen) atoms. The molecule has 0 saturated heterocycles. The summed E-state index contributed by atoms with van der Waals surface area (Å²) in [6.07, 6.45) is -0.723. The minimum absolute atomic E-state index is 0.0528. The first kappa shape index (κ1) is 15.6. The first-order valence-corrected chi connectivity index (χ1v) is 6.81. The number of hydrogen-bond donors (Lipinski definition) is 1. The highest BCUT2D eigenvalue weighted by Crippen LogP contribution is 2.29. The third-order valence-electron chi connectivity index (χ3n) is 3.07. The Balaban J connectivity index is 2.16. The zero-order valence-electron chi connectivity index (χ0n) is 11.8. The third-order valence-corrected chi connectivity index (χ3v) is 3.30. The molecular formula is C16H16ClFO3. The molecule has 1 N–H and O–H groups in total. The number of methoxy groups -OCH3 is 1. The molecule has 2 rings (SSSR count). The molecule has 0 heterocycles. The Kier molecular flexibility index (Phi) is 5.04. The normalized spacial score (nSPS) is 12.0. The second-order valence-corrected chi connectivity index (χ2v) is 5.04. The van der Waals surface area contributed by atoms with E-state index in [-0.39, 0.29) is 6.61 Å². The Labute approximate surface area is 127 Å². The second kappa shape index (κ2) is 6.78. The SMILES string of the molecule is COc1ccc(COc2ccc(Cl)cc2[C@@H](C)O)c(F)c1. The number of aliphatic hydroxyl groups is 1. The second-order valence-electron chi connectivity index (χ2n) is 4.60. The van der Waals surface area contributed by atoms with Gasteiger partial charge in [-0.1, -0.05) is 11.6 Å².